The van der Waals surface area contributed by atoms with Crippen molar-refractivity contribution in [1.29, 1.82) is 0 Å². The molecule has 1 heterocycles. The van der Waals surface area contributed by atoms with E-state index >= 15 is 0 Å². The highest BCUT2D eigenvalue weighted by molar-refractivity contribution is 7.80. The zero-order valence-electron chi connectivity index (χ0n) is 11.3. The lowest BCUT2D eigenvalue weighted by atomic mass is 10.1. The van der Waals surface area contributed by atoms with Crippen LogP contribution >= 0.6 is 12.2 Å². The summed E-state index contributed by atoms with van der Waals surface area (Å²) in [6.07, 6.45) is 0. The van der Waals surface area contributed by atoms with Gasteiger partial charge in [-0.3, -0.25) is 4.90 Å². The van der Waals surface area contributed by atoms with E-state index in [1.807, 2.05) is 12.1 Å². The molecule has 0 bridgehead atoms. The molecule has 1 fully saturated rings. The Morgan fingerprint density at radius 1 is 1.42 bits per heavy atom. The van der Waals surface area contributed by atoms with Crippen LogP contribution < -0.4 is 11.1 Å². The summed E-state index contributed by atoms with van der Waals surface area (Å²) in [5.41, 5.74) is 8.92. The zero-order chi connectivity index (χ0) is 13.7. The minimum absolute atomic E-state index is 0.442. The Labute approximate surface area is 119 Å². The number of morpholine rings is 1. The molecule has 104 valence electrons. The molecule has 0 amide bonds. The van der Waals surface area contributed by atoms with E-state index in [1.54, 1.807) is 0 Å². The third-order valence-corrected chi connectivity index (χ3v) is 3.59. The lowest BCUT2D eigenvalue weighted by Gasteiger charge is -2.27. The lowest BCUT2D eigenvalue weighted by molar-refractivity contribution is 0.0398. The zero-order valence-corrected chi connectivity index (χ0v) is 12.1. The summed E-state index contributed by atoms with van der Waals surface area (Å²) in [5, 5.41) is 3.46. The quantitative estimate of drug-likeness (QED) is 0.797. The largest absolute Gasteiger partial charge is 0.389 e. The first kappa shape index (κ1) is 14.2. The number of rotatable bonds is 5. The second kappa shape index (κ2) is 6.84. The number of para-hydroxylation sites is 1. The number of nitrogens with zero attached hydrogens (tertiary/aromatic N) is 1. The Hall–Kier alpha value is -1.17. The first-order chi connectivity index (χ1) is 9.18. The standard InChI is InChI=1S/C14H21N3OS/c1-11-3-2-4-12(14(15)19)13(11)16-5-6-17-7-9-18-10-8-17/h2-4,16H,5-10H2,1H3,(H2,15,19). The first-order valence-electron chi connectivity index (χ1n) is 6.62. The van der Waals surface area contributed by atoms with Crippen molar-refractivity contribution >= 4 is 22.9 Å². The number of anilines is 1. The Bertz CT molecular complexity index is 444. The molecule has 0 aromatic heterocycles. The highest BCUT2D eigenvalue weighted by Crippen LogP contribution is 2.20. The van der Waals surface area contributed by atoms with Gasteiger partial charge in [-0.15, -0.1) is 0 Å². The summed E-state index contributed by atoms with van der Waals surface area (Å²) < 4.78 is 5.34. The van der Waals surface area contributed by atoms with Crippen LogP contribution in [0.25, 0.3) is 0 Å². The maximum atomic E-state index is 5.76. The molecular weight excluding hydrogens is 258 g/mol. The number of nitrogens with one attached hydrogen (secondary N) is 1. The number of hydrogen-bond acceptors (Lipinski definition) is 4. The Morgan fingerprint density at radius 3 is 2.84 bits per heavy atom. The number of benzene rings is 1. The van der Waals surface area contributed by atoms with E-state index < -0.39 is 0 Å². The van der Waals surface area contributed by atoms with E-state index in [0.29, 0.717) is 4.99 Å². The molecule has 2 rings (SSSR count). The van der Waals surface area contributed by atoms with Crippen molar-refractivity contribution < 1.29 is 4.74 Å². The van der Waals surface area contributed by atoms with Crippen LogP contribution in [-0.4, -0.2) is 49.3 Å². The van der Waals surface area contributed by atoms with Crippen LogP contribution in [0.4, 0.5) is 5.69 Å². The lowest BCUT2D eigenvalue weighted by Crippen LogP contribution is -2.39. The number of hydrogen-bond donors (Lipinski definition) is 2. The number of aryl methyl sites for hydroxylation is 1. The van der Waals surface area contributed by atoms with Crippen LogP contribution in [-0.2, 0) is 4.74 Å². The Kier molecular flexibility index (Phi) is 5.13. The van der Waals surface area contributed by atoms with Gasteiger partial charge < -0.3 is 15.8 Å². The van der Waals surface area contributed by atoms with E-state index in [2.05, 4.69) is 23.2 Å². The number of nitrogens with two attached hydrogens (primary N) is 1. The van der Waals surface area contributed by atoms with E-state index in [-0.39, 0.29) is 0 Å². The maximum Gasteiger partial charge on any atom is 0.106 e. The van der Waals surface area contributed by atoms with Crippen LogP contribution in [0, 0.1) is 6.92 Å². The van der Waals surface area contributed by atoms with Gasteiger partial charge in [0.1, 0.15) is 4.99 Å². The molecule has 4 nitrogen and oxygen atoms in total. The molecule has 5 heteroatoms. The van der Waals surface area contributed by atoms with Crippen molar-refractivity contribution in [3.63, 3.8) is 0 Å². The minimum atomic E-state index is 0.442. The van der Waals surface area contributed by atoms with Crippen LogP contribution in [0.2, 0.25) is 0 Å². The highest BCUT2D eigenvalue weighted by Gasteiger charge is 2.11. The molecule has 0 spiro atoms. The third-order valence-electron chi connectivity index (χ3n) is 3.37. The van der Waals surface area contributed by atoms with Gasteiger partial charge in [0.05, 0.1) is 13.2 Å². The van der Waals surface area contributed by atoms with Gasteiger partial charge in [0, 0.05) is 37.4 Å². The van der Waals surface area contributed by atoms with E-state index in [1.165, 1.54) is 5.56 Å². The fourth-order valence-corrected chi connectivity index (χ4v) is 2.44. The molecule has 19 heavy (non-hydrogen) atoms. The van der Waals surface area contributed by atoms with Crippen molar-refractivity contribution in [3.05, 3.63) is 29.3 Å². The van der Waals surface area contributed by atoms with E-state index in [9.17, 15) is 0 Å². The summed E-state index contributed by atoms with van der Waals surface area (Å²) in [4.78, 5) is 2.84. The topological polar surface area (TPSA) is 50.5 Å². The number of thiocarbonyl (C=S) groups is 1. The predicted octanol–water partition coefficient (Wildman–Crippen LogP) is 1.37. The monoisotopic (exact) mass is 279 g/mol. The molecule has 3 N–H and O–H groups in total. The second-order valence-electron chi connectivity index (χ2n) is 4.74. The molecule has 1 aliphatic rings. The SMILES string of the molecule is Cc1cccc(C(N)=S)c1NCCN1CCOCC1. The average molecular weight is 279 g/mol. The molecule has 0 atom stereocenters. The van der Waals surface area contributed by atoms with Crippen LogP contribution in [0.3, 0.4) is 0 Å². The fraction of sp³-hybridized carbons (Fsp3) is 0.500. The molecule has 0 aliphatic carbocycles. The summed E-state index contributed by atoms with van der Waals surface area (Å²) in [6.45, 7) is 7.66. The molecule has 1 saturated heterocycles. The third kappa shape index (κ3) is 3.89. The summed E-state index contributed by atoms with van der Waals surface area (Å²) >= 11 is 5.10. The van der Waals surface area contributed by atoms with E-state index in [4.69, 9.17) is 22.7 Å². The van der Waals surface area contributed by atoms with Gasteiger partial charge in [0.15, 0.2) is 0 Å². The maximum absolute atomic E-state index is 5.76. The summed E-state index contributed by atoms with van der Waals surface area (Å²) in [5.74, 6) is 0. The van der Waals surface area contributed by atoms with Crippen molar-refractivity contribution in [2.75, 3.05) is 44.7 Å². The van der Waals surface area contributed by atoms with Gasteiger partial charge >= 0.3 is 0 Å². The fourth-order valence-electron chi connectivity index (χ4n) is 2.27. The first-order valence-corrected chi connectivity index (χ1v) is 7.02. The van der Waals surface area contributed by atoms with Gasteiger partial charge in [0.25, 0.3) is 0 Å². The number of ether oxygens (including phenoxy) is 1. The minimum Gasteiger partial charge on any atom is -0.389 e. The van der Waals surface area contributed by atoms with Gasteiger partial charge in [-0.05, 0) is 18.6 Å². The van der Waals surface area contributed by atoms with E-state index in [0.717, 1.165) is 50.6 Å². The summed E-state index contributed by atoms with van der Waals surface area (Å²) in [7, 11) is 0. The molecule has 1 aromatic carbocycles. The highest BCUT2D eigenvalue weighted by atomic mass is 32.1. The van der Waals surface area contributed by atoms with Gasteiger partial charge in [-0.25, -0.2) is 0 Å². The van der Waals surface area contributed by atoms with Crippen molar-refractivity contribution in [2.24, 2.45) is 5.73 Å². The van der Waals surface area contributed by atoms with Gasteiger partial charge in [0.2, 0.25) is 0 Å². The second-order valence-corrected chi connectivity index (χ2v) is 5.18. The van der Waals surface area contributed by atoms with Crippen LogP contribution in [0.5, 0.6) is 0 Å². The average Bonchev–Trinajstić information content (AvgIpc) is 2.41. The molecular formula is C14H21N3OS. The molecule has 1 aliphatic heterocycles. The Balaban J connectivity index is 1.93. The predicted molar refractivity (Wildman–Crippen MR) is 82.8 cm³/mol. The Morgan fingerprint density at radius 2 is 2.16 bits per heavy atom. The van der Waals surface area contributed by atoms with Crippen molar-refractivity contribution in [3.8, 4) is 0 Å². The van der Waals surface area contributed by atoms with Crippen molar-refractivity contribution in [2.45, 2.75) is 6.92 Å². The normalized spacial score (nSPS) is 16.3. The van der Waals surface area contributed by atoms with Gasteiger partial charge in [-0.1, -0.05) is 24.4 Å². The smallest absolute Gasteiger partial charge is 0.106 e. The molecule has 0 radical (unpaired) electrons. The molecule has 0 unspecified atom stereocenters. The van der Waals surface area contributed by atoms with Crippen LogP contribution in [0.1, 0.15) is 11.1 Å². The van der Waals surface area contributed by atoms with Gasteiger partial charge in [-0.2, -0.15) is 0 Å². The molecule has 0 saturated carbocycles. The molecule has 1 aromatic rings. The van der Waals surface area contributed by atoms with Crippen molar-refractivity contribution in [1.82, 2.24) is 4.90 Å². The van der Waals surface area contributed by atoms with Crippen LogP contribution in [0.15, 0.2) is 18.2 Å². The summed E-state index contributed by atoms with van der Waals surface area (Å²) in [6, 6.07) is 6.02.